The van der Waals surface area contributed by atoms with Gasteiger partial charge in [-0.3, -0.25) is 0 Å². The van der Waals surface area contributed by atoms with Gasteiger partial charge in [-0.15, -0.1) is 11.6 Å². The highest BCUT2D eigenvalue weighted by molar-refractivity contribution is 6.60. The van der Waals surface area contributed by atoms with E-state index in [-0.39, 0.29) is 0 Å². The Morgan fingerprint density at radius 2 is 1.29 bits per heavy atom. The number of hydrogen-bond acceptors (Lipinski definition) is 1. The van der Waals surface area contributed by atoms with Crippen LogP contribution in [-0.4, -0.2) is 20.8 Å². The topological polar surface area (TPSA) is 37.3 Å². The standard InChI is InChI=1S/C16H13Cl3O2/c17-14(16(18,19)15(20)21)13(11-7-3-1-4-8-11)12-9-5-2-6-10-12/h1-10,13-14H,(H,20,21). The summed E-state index contributed by atoms with van der Waals surface area (Å²) in [6.45, 7) is 0. The van der Waals surface area contributed by atoms with Gasteiger partial charge in [0.05, 0.1) is 5.38 Å². The van der Waals surface area contributed by atoms with Crippen LogP contribution in [0.5, 0.6) is 0 Å². The smallest absolute Gasteiger partial charge is 0.341 e. The summed E-state index contributed by atoms with van der Waals surface area (Å²) < 4.78 is -2.09. The van der Waals surface area contributed by atoms with Crippen molar-refractivity contribution in [2.24, 2.45) is 0 Å². The van der Waals surface area contributed by atoms with Gasteiger partial charge >= 0.3 is 5.97 Å². The van der Waals surface area contributed by atoms with Crippen LogP contribution >= 0.6 is 34.8 Å². The van der Waals surface area contributed by atoms with Gasteiger partial charge in [0.25, 0.3) is 0 Å². The first-order valence-corrected chi connectivity index (χ1v) is 7.49. The summed E-state index contributed by atoms with van der Waals surface area (Å²) >= 11 is 18.3. The molecule has 21 heavy (non-hydrogen) atoms. The van der Waals surface area contributed by atoms with Gasteiger partial charge in [0.1, 0.15) is 0 Å². The third-order valence-electron chi connectivity index (χ3n) is 3.24. The highest BCUT2D eigenvalue weighted by Crippen LogP contribution is 2.42. The Bertz CT molecular complexity index is 560. The van der Waals surface area contributed by atoms with E-state index in [4.69, 9.17) is 34.8 Å². The lowest BCUT2D eigenvalue weighted by Gasteiger charge is -2.29. The number of alkyl halides is 3. The van der Waals surface area contributed by atoms with E-state index in [0.717, 1.165) is 11.1 Å². The number of halogens is 3. The Kier molecular flexibility index (Phi) is 5.15. The van der Waals surface area contributed by atoms with Crippen LogP contribution in [-0.2, 0) is 4.79 Å². The number of hydrogen-bond donors (Lipinski definition) is 1. The number of benzene rings is 2. The minimum Gasteiger partial charge on any atom is -0.479 e. The van der Waals surface area contributed by atoms with Gasteiger partial charge in [0.15, 0.2) is 0 Å². The number of carboxylic acid groups (broad SMARTS) is 1. The molecule has 1 atom stereocenters. The molecule has 2 nitrogen and oxygen atoms in total. The van der Waals surface area contributed by atoms with Crippen molar-refractivity contribution in [3.05, 3.63) is 71.8 Å². The first-order valence-electron chi connectivity index (χ1n) is 6.29. The third-order valence-corrected chi connectivity index (χ3v) is 4.84. The van der Waals surface area contributed by atoms with Gasteiger partial charge in [0.2, 0.25) is 4.33 Å². The summed E-state index contributed by atoms with van der Waals surface area (Å²) in [6, 6.07) is 18.7. The molecule has 1 N–H and O–H groups in total. The SMILES string of the molecule is O=C(O)C(Cl)(Cl)C(Cl)C(c1ccccc1)c1ccccc1. The second-order valence-corrected chi connectivity index (χ2v) is 6.48. The second kappa shape index (κ2) is 6.69. The van der Waals surface area contributed by atoms with E-state index in [1.807, 2.05) is 60.7 Å². The van der Waals surface area contributed by atoms with Gasteiger partial charge in [-0.1, -0.05) is 83.9 Å². The molecule has 0 aliphatic rings. The van der Waals surface area contributed by atoms with Gasteiger partial charge in [-0.05, 0) is 11.1 Å². The molecule has 0 aliphatic carbocycles. The predicted octanol–water partition coefficient (Wildman–Crippen LogP) is 4.68. The number of carbonyl (C=O) groups is 1. The maximum Gasteiger partial charge on any atom is 0.341 e. The molecule has 110 valence electrons. The molecule has 0 saturated heterocycles. The van der Waals surface area contributed by atoms with Crippen LogP contribution in [0.25, 0.3) is 0 Å². The van der Waals surface area contributed by atoms with E-state index in [1.165, 1.54) is 0 Å². The molecular formula is C16H13Cl3O2. The first kappa shape index (κ1) is 16.2. The minimum absolute atomic E-state index is 0.430. The summed E-state index contributed by atoms with van der Waals surface area (Å²) in [7, 11) is 0. The summed E-state index contributed by atoms with van der Waals surface area (Å²) in [4.78, 5) is 11.3. The molecule has 0 amide bonds. The minimum atomic E-state index is -2.09. The fraction of sp³-hybridized carbons (Fsp3) is 0.188. The zero-order chi connectivity index (χ0) is 15.5. The number of carboxylic acids is 1. The van der Waals surface area contributed by atoms with Crippen molar-refractivity contribution in [2.45, 2.75) is 15.6 Å². The Morgan fingerprint density at radius 1 is 0.905 bits per heavy atom. The molecule has 2 aromatic carbocycles. The maximum absolute atomic E-state index is 11.3. The van der Waals surface area contributed by atoms with Crippen LogP contribution in [0.3, 0.4) is 0 Å². The van der Waals surface area contributed by atoms with E-state index in [1.54, 1.807) is 0 Å². The average molecular weight is 344 g/mol. The highest BCUT2D eigenvalue weighted by atomic mass is 35.5. The third kappa shape index (κ3) is 3.52. The van der Waals surface area contributed by atoms with Crippen molar-refractivity contribution in [1.29, 1.82) is 0 Å². The van der Waals surface area contributed by atoms with Gasteiger partial charge in [0, 0.05) is 5.92 Å². The fourth-order valence-electron chi connectivity index (χ4n) is 2.18. The Balaban J connectivity index is 2.50. The molecule has 0 fully saturated rings. The molecule has 0 spiro atoms. The molecule has 2 aromatic rings. The van der Waals surface area contributed by atoms with E-state index >= 15 is 0 Å². The second-order valence-electron chi connectivity index (χ2n) is 4.63. The summed E-state index contributed by atoms with van der Waals surface area (Å²) in [5, 5.41) is 8.18. The molecule has 5 heteroatoms. The van der Waals surface area contributed by atoms with E-state index in [2.05, 4.69) is 0 Å². The molecule has 0 aromatic heterocycles. The predicted molar refractivity (Wildman–Crippen MR) is 86.4 cm³/mol. The molecular weight excluding hydrogens is 331 g/mol. The largest absolute Gasteiger partial charge is 0.479 e. The summed E-state index contributed by atoms with van der Waals surface area (Å²) in [5.74, 6) is -1.79. The normalized spacial score (nSPS) is 13.1. The van der Waals surface area contributed by atoms with Crippen LogP contribution in [0, 0.1) is 0 Å². The quantitative estimate of drug-likeness (QED) is 0.800. The van der Waals surface area contributed by atoms with Crippen molar-refractivity contribution < 1.29 is 9.90 Å². The molecule has 1 unspecified atom stereocenters. The van der Waals surface area contributed by atoms with Crippen molar-refractivity contribution in [3.63, 3.8) is 0 Å². The maximum atomic E-state index is 11.3. The van der Waals surface area contributed by atoms with Crippen LogP contribution in [0.1, 0.15) is 17.0 Å². The van der Waals surface area contributed by atoms with Crippen LogP contribution in [0.15, 0.2) is 60.7 Å². The van der Waals surface area contributed by atoms with E-state index in [0.29, 0.717) is 0 Å². The Hall–Kier alpha value is -1.22. The lowest BCUT2D eigenvalue weighted by Crippen LogP contribution is -2.39. The van der Waals surface area contributed by atoms with Crippen molar-refractivity contribution in [2.75, 3.05) is 0 Å². The molecule has 0 aliphatic heterocycles. The molecule has 0 radical (unpaired) electrons. The monoisotopic (exact) mass is 342 g/mol. The summed E-state index contributed by atoms with van der Waals surface area (Å²) in [5.41, 5.74) is 1.71. The average Bonchev–Trinajstić information content (AvgIpc) is 2.49. The zero-order valence-corrected chi connectivity index (χ0v) is 13.2. The van der Waals surface area contributed by atoms with Gasteiger partial charge in [-0.25, -0.2) is 4.79 Å². The first-order chi connectivity index (χ1) is 9.94. The summed E-state index contributed by atoms with van der Waals surface area (Å²) in [6.07, 6.45) is 0. The van der Waals surface area contributed by atoms with Crippen LogP contribution < -0.4 is 0 Å². The Morgan fingerprint density at radius 3 is 1.62 bits per heavy atom. The van der Waals surface area contributed by atoms with Gasteiger partial charge < -0.3 is 5.11 Å². The lowest BCUT2D eigenvalue weighted by atomic mass is 9.87. The fourth-order valence-corrected chi connectivity index (χ4v) is 2.81. The lowest BCUT2D eigenvalue weighted by molar-refractivity contribution is -0.137. The highest BCUT2D eigenvalue weighted by Gasteiger charge is 2.46. The molecule has 2 rings (SSSR count). The Labute approximate surface area is 138 Å². The number of rotatable bonds is 5. The van der Waals surface area contributed by atoms with E-state index < -0.39 is 21.6 Å². The number of aliphatic carboxylic acids is 1. The molecule has 0 heterocycles. The van der Waals surface area contributed by atoms with Crippen molar-refractivity contribution in [1.82, 2.24) is 0 Å². The van der Waals surface area contributed by atoms with Gasteiger partial charge in [-0.2, -0.15) is 0 Å². The molecule has 0 bridgehead atoms. The zero-order valence-electron chi connectivity index (χ0n) is 10.9. The van der Waals surface area contributed by atoms with E-state index in [9.17, 15) is 9.90 Å². The van der Waals surface area contributed by atoms with Crippen LogP contribution in [0.2, 0.25) is 0 Å². The molecule has 0 saturated carbocycles. The van der Waals surface area contributed by atoms with Crippen molar-refractivity contribution in [3.8, 4) is 0 Å². The van der Waals surface area contributed by atoms with Crippen molar-refractivity contribution >= 4 is 40.8 Å². The van der Waals surface area contributed by atoms with Crippen LogP contribution in [0.4, 0.5) is 0 Å².